The van der Waals surface area contributed by atoms with Crippen molar-refractivity contribution in [2.24, 2.45) is 21.3 Å². The first kappa shape index (κ1) is 18.4. The number of aliphatic hydroxyl groups excluding tert-OH is 1. The molecule has 26 heavy (non-hydrogen) atoms. The Morgan fingerprint density at radius 3 is 2.54 bits per heavy atom. The molecule has 7 heteroatoms. The fraction of sp³-hybridized carbons (Fsp3) is 0.789. The van der Waals surface area contributed by atoms with E-state index in [1.165, 1.54) is 5.70 Å². The summed E-state index contributed by atoms with van der Waals surface area (Å²) in [5, 5.41) is 10.7. The Morgan fingerprint density at radius 2 is 1.92 bits per heavy atom. The highest BCUT2D eigenvalue weighted by atomic mass is 35.5. The summed E-state index contributed by atoms with van der Waals surface area (Å²) in [4.78, 5) is 13.9. The maximum atomic E-state index is 10.3. The van der Waals surface area contributed by atoms with E-state index >= 15 is 0 Å². The normalized spacial score (nSPS) is 43.8. The van der Waals surface area contributed by atoms with Gasteiger partial charge in [0.2, 0.25) is 5.29 Å². The minimum absolute atomic E-state index is 0.0909. The van der Waals surface area contributed by atoms with Gasteiger partial charge < -0.3 is 14.7 Å². The van der Waals surface area contributed by atoms with E-state index in [2.05, 4.69) is 53.6 Å². The summed E-state index contributed by atoms with van der Waals surface area (Å²) in [5.41, 5.74) is 2.04. The van der Waals surface area contributed by atoms with Crippen LogP contribution in [0.25, 0.3) is 0 Å². The molecule has 0 radical (unpaired) electrons. The Hall–Kier alpha value is -0.950. The summed E-state index contributed by atoms with van der Waals surface area (Å²) in [6.07, 6.45) is 1.82. The van der Waals surface area contributed by atoms with E-state index in [1.807, 2.05) is 0 Å². The summed E-state index contributed by atoms with van der Waals surface area (Å²) in [6, 6.07) is 0.122. The number of amidine groups is 1. The number of piperazine rings is 1. The van der Waals surface area contributed by atoms with Crippen LogP contribution in [-0.4, -0.2) is 83.0 Å². The van der Waals surface area contributed by atoms with Crippen molar-refractivity contribution in [3.8, 4) is 0 Å². The third kappa shape index (κ3) is 2.57. The fourth-order valence-corrected chi connectivity index (χ4v) is 5.13. The predicted molar refractivity (Wildman–Crippen MR) is 104 cm³/mol. The number of aliphatic hydroxyl groups is 1. The molecular formula is C19H29ClN4O2. The fourth-order valence-electron chi connectivity index (χ4n) is 4.90. The number of nitrogens with zero attached hydrogens (tertiary/aromatic N) is 4. The van der Waals surface area contributed by atoms with Crippen LogP contribution in [0.15, 0.2) is 21.8 Å². The number of fused-ring (bicyclic) bond motifs is 1. The summed E-state index contributed by atoms with van der Waals surface area (Å²) in [6.45, 7) is 13.6. The van der Waals surface area contributed by atoms with Crippen LogP contribution in [0.1, 0.15) is 27.7 Å². The molecule has 4 rings (SSSR count). The molecule has 144 valence electrons. The number of rotatable bonds is 2. The topological polar surface area (TPSA) is 60.7 Å². The summed E-state index contributed by atoms with van der Waals surface area (Å²) in [7, 11) is 0. The third-order valence-corrected chi connectivity index (χ3v) is 7.50. The molecule has 4 aliphatic rings. The Bertz CT molecular complexity index is 685. The van der Waals surface area contributed by atoms with Crippen LogP contribution in [-0.2, 0) is 4.74 Å². The quantitative estimate of drug-likeness (QED) is 0.741. The maximum Gasteiger partial charge on any atom is 0.218 e. The van der Waals surface area contributed by atoms with Gasteiger partial charge in [-0.15, -0.1) is 0 Å². The Morgan fingerprint density at radius 1 is 1.23 bits per heavy atom. The smallest absolute Gasteiger partial charge is 0.218 e. The Kier molecular flexibility index (Phi) is 4.46. The molecular weight excluding hydrogens is 352 g/mol. The highest BCUT2D eigenvalue weighted by molar-refractivity contribution is 6.66. The summed E-state index contributed by atoms with van der Waals surface area (Å²) >= 11 is 6.12. The van der Waals surface area contributed by atoms with Crippen LogP contribution < -0.4 is 0 Å². The van der Waals surface area contributed by atoms with Gasteiger partial charge in [-0.3, -0.25) is 9.89 Å². The molecule has 2 fully saturated rings. The summed E-state index contributed by atoms with van der Waals surface area (Å²) < 4.78 is 5.51. The van der Waals surface area contributed by atoms with Crippen molar-refractivity contribution in [2.75, 3.05) is 39.4 Å². The van der Waals surface area contributed by atoms with Crippen molar-refractivity contribution in [2.45, 2.75) is 45.4 Å². The van der Waals surface area contributed by atoms with E-state index in [0.29, 0.717) is 24.4 Å². The second kappa shape index (κ2) is 6.30. The molecule has 3 heterocycles. The molecule has 3 aliphatic heterocycles. The van der Waals surface area contributed by atoms with E-state index in [0.717, 1.165) is 31.9 Å². The Labute approximate surface area is 160 Å². The number of allylic oxidation sites excluding steroid dienone is 2. The molecule has 1 N–H and O–H groups in total. The molecule has 1 aliphatic carbocycles. The van der Waals surface area contributed by atoms with Crippen LogP contribution in [0, 0.1) is 11.3 Å². The van der Waals surface area contributed by atoms with Crippen LogP contribution in [0.2, 0.25) is 0 Å². The van der Waals surface area contributed by atoms with Crippen molar-refractivity contribution in [3.63, 3.8) is 0 Å². The second-order valence-corrected chi connectivity index (χ2v) is 8.84. The van der Waals surface area contributed by atoms with Crippen LogP contribution in [0.3, 0.4) is 0 Å². The predicted octanol–water partition coefficient (Wildman–Crippen LogP) is 1.73. The number of aliphatic imine (C=N–C) groups is 2. The molecule has 0 aromatic heterocycles. The van der Waals surface area contributed by atoms with Gasteiger partial charge >= 0.3 is 0 Å². The molecule has 6 nitrogen and oxygen atoms in total. The van der Waals surface area contributed by atoms with Crippen LogP contribution >= 0.6 is 11.6 Å². The molecule has 0 bridgehead atoms. The van der Waals surface area contributed by atoms with E-state index < -0.39 is 6.10 Å². The van der Waals surface area contributed by atoms with Gasteiger partial charge in [-0.1, -0.05) is 13.8 Å². The highest BCUT2D eigenvalue weighted by Crippen LogP contribution is 2.47. The third-order valence-electron chi connectivity index (χ3n) is 7.32. The highest BCUT2D eigenvalue weighted by Gasteiger charge is 2.51. The first-order chi connectivity index (χ1) is 12.3. The molecule has 3 unspecified atom stereocenters. The molecule has 2 saturated heterocycles. The van der Waals surface area contributed by atoms with E-state index in [4.69, 9.17) is 16.3 Å². The minimum atomic E-state index is -0.407. The molecule has 5 atom stereocenters. The molecule has 0 amide bonds. The van der Waals surface area contributed by atoms with Gasteiger partial charge in [-0.25, -0.2) is 4.99 Å². The van der Waals surface area contributed by atoms with Gasteiger partial charge in [0.25, 0.3) is 0 Å². The Balaban J connectivity index is 1.50. The lowest BCUT2D eigenvalue weighted by Gasteiger charge is -2.46. The molecule has 0 spiro atoms. The van der Waals surface area contributed by atoms with E-state index in [1.54, 1.807) is 0 Å². The first-order valence-corrected chi connectivity index (χ1v) is 9.94. The zero-order valence-corrected chi connectivity index (χ0v) is 16.8. The second-order valence-electron chi connectivity index (χ2n) is 8.51. The lowest BCUT2D eigenvalue weighted by molar-refractivity contribution is -0.0130. The molecule has 0 aromatic carbocycles. The van der Waals surface area contributed by atoms with Crippen molar-refractivity contribution in [1.29, 1.82) is 0 Å². The number of hydrogen-bond acceptors (Lipinski definition) is 6. The summed E-state index contributed by atoms with van der Waals surface area (Å²) in [5.74, 6) is 0.354. The number of halogens is 1. The first-order valence-electron chi connectivity index (χ1n) is 9.56. The average molecular weight is 381 g/mol. The van der Waals surface area contributed by atoms with Crippen LogP contribution in [0.5, 0.6) is 0 Å². The average Bonchev–Trinajstić information content (AvgIpc) is 3.08. The zero-order valence-electron chi connectivity index (χ0n) is 16.1. The van der Waals surface area contributed by atoms with Crippen molar-refractivity contribution >= 4 is 22.6 Å². The van der Waals surface area contributed by atoms with Crippen molar-refractivity contribution in [3.05, 3.63) is 11.8 Å². The standard InChI is InChI=1S/C19H29ClN4O2/c1-12-14(9-15-19(12,4)13(2)21-17(20)22-15)23-5-7-24(8-6-23)18(3)11-26-10-16(18)25/h9,12-13,16,25H,5-8,10-11H2,1-4H3/t12?,13-,16?,18?,19+/m1/s1. The molecule has 0 aromatic rings. The van der Waals surface area contributed by atoms with Gasteiger partial charge in [-0.05, 0) is 31.5 Å². The monoisotopic (exact) mass is 380 g/mol. The number of ether oxygens (including phenoxy) is 1. The van der Waals surface area contributed by atoms with Gasteiger partial charge in [0.15, 0.2) is 0 Å². The van der Waals surface area contributed by atoms with E-state index in [-0.39, 0.29) is 17.0 Å². The lowest BCUT2D eigenvalue weighted by atomic mass is 9.72. The van der Waals surface area contributed by atoms with Gasteiger partial charge in [0.1, 0.15) is 0 Å². The van der Waals surface area contributed by atoms with Crippen LogP contribution in [0.4, 0.5) is 0 Å². The van der Waals surface area contributed by atoms with Gasteiger partial charge in [0.05, 0.1) is 36.6 Å². The molecule has 0 saturated carbocycles. The van der Waals surface area contributed by atoms with Gasteiger partial charge in [-0.2, -0.15) is 0 Å². The SMILES string of the molecule is CC1C(N2CCN(C3(C)COCC3O)CC2)=CC2=NC(Cl)=N[C@H](C)[C@@]21C. The van der Waals surface area contributed by atoms with E-state index in [9.17, 15) is 5.11 Å². The maximum absolute atomic E-state index is 10.3. The van der Waals surface area contributed by atoms with Crippen molar-refractivity contribution in [1.82, 2.24) is 9.80 Å². The minimum Gasteiger partial charge on any atom is -0.389 e. The van der Waals surface area contributed by atoms with Crippen molar-refractivity contribution < 1.29 is 9.84 Å². The van der Waals surface area contributed by atoms with Gasteiger partial charge in [0, 0.05) is 43.2 Å². The lowest BCUT2D eigenvalue weighted by Crippen LogP contribution is -2.60. The zero-order chi connectivity index (χ0) is 18.7. The largest absolute Gasteiger partial charge is 0.389 e. The number of hydrogen-bond donors (Lipinski definition) is 1.